The summed E-state index contributed by atoms with van der Waals surface area (Å²) in [5, 5.41) is 5.09. The van der Waals surface area contributed by atoms with Gasteiger partial charge in [0.25, 0.3) is 0 Å². The first-order valence-corrected chi connectivity index (χ1v) is 4.95. The first-order valence-electron chi connectivity index (χ1n) is 4.95. The van der Waals surface area contributed by atoms with Gasteiger partial charge in [0.05, 0.1) is 13.1 Å². The topological polar surface area (TPSA) is 84.2 Å². The first-order chi connectivity index (χ1) is 7.63. The average molecular weight is 221 g/mol. The fourth-order valence-corrected chi connectivity index (χ4v) is 1.16. The third-order valence-corrected chi connectivity index (χ3v) is 2.05. The molecule has 0 radical (unpaired) electrons. The van der Waals surface area contributed by atoms with Crippen LogP contribution in [0.15, 0.2) is 24.3 Å². The van der Waals surface area contributed by atoms with Crippen LogP contribution in [0.4, 0.5) is 5.69 Å². The van der Waals surface area contributed by atoms with Gasteiger partial charge < -0.3 is 16.4 Å². The molecule has 1 aromatic rings. The molecule has 0 fully saturated rings. The number of amides is 2. The van der Waals surface area contributed by atoms with Crippen LogP contribution in [0.1, 0.15) is 5.56 Å². The predicted octanol–water partition coefficient (Wildman–Crippen LogP) is 0.00842. The maximum Gasteiger partial charge on any atom is 0.243 e. The van der Waals surface area contributed by atoms with Gasteiger partial charge >= 0.3 is 0 Å². The van der Waals surface area contributed by atoms with E-state index in [9.17, 15) is 9.59 Å². The second-order valence-corrected chi connectivity index (χ2v) is 3.34. The van der Waals surface area contributed by atoms with Crippen LogP contribution in [-0.4, -0.2) is 24.9 Å². The monoisotopic (exact) mass is 221 g/mol. The SMILES string of the molecule is Cc1ccccc1NC(=O)CNC(=O)CN. The fourth-order valence-electron chi connectivity index (χ4n) is 1.16. The van der Waals surface area contributed by atoms with E-state index in [0.29, 0.717) is 0 Å². The summed E-state index contributed by atoms with van der Waals surface area (Å²) in [5.74, 6) is -0.615. The molecule has 0 bridgehead atoms. The van der Waals surface area contributed by atoms with Gasteiger partial charge in [0.1, 0.15) is 0 Å². The zero-order valence-electron chi connectivity index (χ0n) is 9.12. The van der Waals surface area contributed by atoms with Crippen molar-refractivity contribution < 1.29 is 9.59 Å². The lowest BCUT2D eigenvalue weighted by atomic mass is 10.2. The van der Waals surface area contributed by atoms with Crippen LogP contribution in [-0.2, 0) is 9.59 Å². The molecule has 1 rings (SSSR count). The molecule has 0 unspecified atom stereocenters. The average Bonchev–Trinajstić information content (AvgIpc) is 2.29. The normalized spacial score (nSPS) is 9.62. The molecule has 86 valence electrons. The Kier molecular flexibility index (Phi) is 4.47. The lowest BCUT2D eigenvalue weighted by Gasteiger charge is -2.08. The standard InChI is InChI=1S/C11H15N3O2/c1-8-4-2-3-5-9(8)14-11(16)7-13-10(15)6-12/h2-5H,6-7,12H2,1H3,(H,13,15)(H,14,16). The minimum atomic E-state index is -0.347. The number of anilines is 1. The van der Waals surface area contributed by atoms with Crippen LogP contribution in [0.5, 0.6) is 0 Å². The van der Waals surface area contributed by atoms with Gasteiger partial charge in [-0.05, 0) is 18.6 Å². The van der Waals surface area contributed by atoms with Crippen molar-refractivity contribution in [2.24, 2.45) is 5.73 Å². The van der Waals surface area contributed by atoms with Crippen LogP contribution < -0.4 is 16.4 Å². The van der Waals surface area contributed by atoms with Gasteiger partial charge in [0, 0.05) is 5.69 Å². The van der Waals surface area contributed by atoms with Crippen molar-refractivity contribution in [1.82, 2.24) is 5.32 Å². The number of nitrogens with two attached hydrogens (primary N) is 1. The summed E-state index contributed by atoms with van der Waals surface area (Å²) >= 11 is 0. The molecule has 0 aliphatic rings. The molecule has 0 atom stereocenters. The molecular formula is C11H15N3O2. The summed E-state index contributed by atoms with van der Waals surface area (Å²) < 4.78 is 0. The fraction of sp³-hybridized carbons (Fsp3) is 0.273. The summed E-state index contributed by atoms with van der Waals surface area (Å²) in [4.78, 5) is 22.2. The van der Waals surface area contributed by atoms with Gasteiger partial charge in [-0.15, -0.1) is 0 Å². The van der Waals surface area contributed by atoms with Crippen LogP contribution >= 0.6 is 0 Å². The van der Waals surface area contributed by atoms with E-state index in [2.05, 4.69) is 10.6 Å². The minimum Gasteiger partial charge on any atom is -0.346 e. The number of nitrogens with one attached hydrogen (secondary N) is 2. The maximum absolute atomic E-state index is 11.4. The quantitative estimate of drug-likeness (QED) is 0.669. The van der Waals surface area contributed by atoms with Crippen LogP contribution in [0, 0.1) is 6.92 Å². The Morgan fingerprint density at radius 1 is 1.25 bits per heavy atom. The number of carbonyl (C=O) groups is 2. The Labute approximate surface area is 94.0 Å². The van der Waals surface area contributed by atoms with E-state index in [1.807, 2.05) is 25.1 Å². The smallest absolute Gasteiger partial charge is 0.243 e. The molecule has 1 aromatic carbocycles. The second-order valence-electron chi connectivity index (χ2n) is 3.34. The first kappa shape index (κ1) is 12.2. The number of benzene rings is 1. The lowest BCUT2D eigenvalue weighted by Crippen LogP contribution is -2.36. The van der Waals surface area contributed by atoms with Gasteiger partial charge in [0.15, 0.2) is 0 Å². The van der Waals surface area contributed by atoms with Crippen LogP contribution in [0.2, 0.25) is 0 Å². The molecule has 16 heavy (non-hydrogen) atoms. The molecule has 0 aromatic heterocycles. The second kappa shape index (κ2) is 5.87. The highest BCUT2D eigenvalue weighted by Gasteiger charge is 2.05. The Morgan fingerprint density at radius 2 is 1.94 bits per heavy atom. The molecule has 5 heteroatoms. The number of hydrogen-bond donors (Lipinski definition) is 3. The number of rotatable bonds is 4. The number of para-hydroxylation sites is 1. The van der Waals surface area contributed by atoms with E-state index in [1.165, 1.54) is 0 Å². The van der Waals surface area contributed by atoms with E-state index in [4.69, 9.17) is 5.73 Å². The summed E-state index contributed by atoms with van der Waals surface area (Å²) in [6.45, 7) is 1.72. The van der Waals surface area contributed by atoms with Gasteiger partial charge in [-0.1, -0.05) is 18.2 Å². The lowest BCUT2D eigenvalue weighted by molar-refractivity contribution is -0.123. The van der Waals surface area contributed by atoms with E-state index in [1.54, 1.807) is 6.07 Å². The Balaban J connectivity index is 2.46. The summed E-state index contributed by atoms with van der Waals surface area (Å²) in [6, 6.07) is 7.42. The van der Waals surface area contributed by atoms with E-state index in [-0.39, 0.29) is 24.9 Å². The summed E-state index contributed by atoms with van der Waals surface area (Å²) in [5.41, 5.74) is 6.81. The molecule has 0 saturated carbocycles. The molecule has 5 nitrogen and oxygen atoms in total. The predicted molar refractivity (Wildman–Crippen MR) is 61.9 cm³/mol. The maximum atomic E-state index is 11.4. The third-order valence-electron chi connectivity index (χ3n) is 2.05. The Bertz CT molecular complexity index is 391. The zero-order valence-corrected chi connectivity index (χ0v) is 9.12. The summed E-state index contributed by atoms with van der Waals surface area (Å²) in [6.07, 6.45) is 0. The third kappa shape index (κ3) is 3.70. The van der Waals surface area contributed by atoms with E-state index >= 15 is 0 Å². The molecule has 0 spiro atoms. The highest BCUT2D eigenvalue weighted by Crippen LogP contribution is 2.12. The molecule has 4 N–H and O–H groups in total. The number of carbonyl (C=O) groups excluding carboxylic acids is 2. The van der Waals surface area contributed by atoms with E-state index in [0.717, 1.165) is 11.3 Å². The summed E-state index contributed by atoms with van der Waals surface area (Å²) in [7, 11) is 0. The largest absolute Gasteiger partial charge is 0.346 e. The van der Waals surface area contributed by atoms with Gasteiger partial charge in [-0.25, -0.2) is 0 Å². The van der Waals surface area contributed by atoms with Crippen molar-refractivity contribution in [3.63, 3.8) is 0 Å². The molecule has 2 amide bonds. The van der Waals surface area contributed by atoms with E-state index < -0.39 is 0 Å². The number of aryl methyl sites for hydroxylation is 1. The molecular weight excluding hydrogens is 206 g/mol. The van der Waals surface area contributed by atoms with Crippen LogP contribution in [0.3, 0.4) is 0 Å². The molecule has 0 aliphatic heterocycles. The van der Waals surface area contributed by atoms with Crippen LogP contribution in [0.25, 0.3) is 0 Å². The highest BCUT2D eigenvalue weighted by molar-refractivity contribution is 5.95. The van der Waals surface area contributed by atoms with Crippen molar-refractivity contribution in [2.45, 2.75) is 6.92 Å². The Hall–Kier alpha value is -1.88. The molecule has 0 aliphatic carbocycles. The molecule has 0 heterocycles. The minimum absolute atomic E-state index is 0.0651. The number of hydrogen-bond acceptors (Lipinski definition) is 3. The van der Waals surface area contributed by atoms with Crippen molar-refractivity contribution in [2.75, 3.05) is 18.4 Å². The van der Waals surface area contributed by atoms with Gasteiger partial charge in [-0.3, -0.25) is 9.59 Å². The van der Waals surface area contributed by atoms with Crippen molar-refractivity contribution in [3.8, 4) is 0 Å². The van der Waals surface area contributed by atoms with Gasteiger partial charge in [-0.2, -0.15) is 0 Å². The Morgan fingerprint density at radius 3 is 2.56 bits per heavy atom. The van der Waals surface area contributed by atoms with Crippen molar-refractivity contribution in [1.29, 1.82) is 0 Å². The highest BCUT2D eigenvalue weighted by atomic mass is 16.2. The van der Waals surface area contributed by atoms with Crippen molar-refractivity contribution >= 4 is 17.5 Å². The zero-order chi connectivity index (χ0) is 12.0. The van der Waals surface area contributed by atoms with Crippen molar-refractivity contribution in [3.05, 3.63) is 29.8 Å². The molecule has 0 saturated heterocycles. The van der Waals surface area contributed by atoms with Gasteiger partial charge in [0.2, 0.25) is 11.8 Å².